The molecular weight excluding hydrogens is 410 g/mol. The largest absolute Gasteiger partial charge is 0.457 e. The van der Waals surface area contributed by atoms with Gasteiger partial charge in [0.15, 0.2) is 0 Å². The van der Waals surface area contributed by atoms with Crippen molar-refractivity contribution < 1.29 is 9.53 Å². The lowest BCUT2D eigenvalue weighted by molar-refractivity contribution is -0.113. The first-order valence-electron chi connectivity index (χ1n) is 9.80. The van der Waals surface area contributed by atoms with E-state index in [9.17, 15) is 4.79 Å². The lowest BCUT2D eigenvalue weighted by Gasteiger charge is -2.16. The molecule has 1 N–H and O–H groups in total. The van der Waals surface area contributed by atoms with Gasteiger partial charge in [0.1, 0.15) is 17.3 Å². The minimum Gasteiger partial charge on any atom is -0.457 e. The Hall–Kier alpha value is -3.65. The first kappa shape index (κ1) is 19.3. The van der Waals surface area contributed by atoms with E-state index in [4.69, 9.17) is 4.74 Å². The van der Waals surface area contributed by atoms with Crippen molar-refractivity contribution in [2.45, 2.75) is 12.2 Å². The molecule has 0 saturated heterocycles. The Morgan fingerprint density at radius 1 is 1.03 bits per heavy atom. The molecular formula is C23H19N5O2S. The molecule has 154 valence electrons. The minimum atomic E-state index is -0.0919. The normalized spacial score (nSPS) is 15.6. The van der Waals surface area contributed by atoms with E-state index in [2.05, 4.69) is 20.4 Å². The van der Waals surface area contributed by atoms with E-state index in [0.29, 0.717) is 17.5 Å². The molecule has 7 nitrogen and oxygen atoms in total. The number of aromatic nitrogens is 4. The van der Waals surface area contributed by atoms with Gasteiger partial charge in [0.25, 0.3) is 5.95 Å². The SMILES string of the molecule is Cc1nn(-c2ncccn2)c2c1[C@H](c1cccc(Oc3ccccc3)c1)SCC(=O)N2. The number of ether oxygens (including phenoxy) is 1. The van der Waals surface area contributed by atoms with Crippen LogP contribution in [0.4, 0.5) is 5.82 Å². The molecule has 5 rings (SSSR count). The molecule has 4 aromatic rings. The molecule has 0 radical (unpaired) electrons. The van der Waals surface area contributed by atoms with Crippen LogP contribution in [0.3, 0.4) is 0 Å². The molecule has 1 atom stereocenters. The van der Waals surface area contributed by atoms with Crippen molar-refractivity contribution in [2.75, 3.05) is 11.1 Å². The van der Waals surface area contributed by atoms with Crippen LogP contribution in [0.25, 0.3) is 5.95 Å². The van der Waals surface area contributed by atoms with Crippen molar-refractivity contribution >= 4 is 23.5 Å². The predicted molar refractivity (Wildman–Crippen MR) is 120 cm³/mol. The van der Waals surface area contributed by atoms with Gasteiger partial charge < -0.3 is 10.1 Å². The van der Waals surface area contributed by atoms with Crippen LogP contribution in [0.15, 0.2) is 73.1 Å². The highest BCUT2D eigenvalue weighted by Gasteiger charge is 2.31. The van der Waals surface area contributed by atoms with Gasteiger partial charge >= 0.3 is 0 Å². The van der Waals surface area contributed by atoms with Crippen molar-refractivity contribution in [3.8, 4) is 17.4 Å². The second-order valence-corrected chi connectivity index (χ2v) is 8.13. The number of benzene rings is 2. The first-order chi connectivity index (χ1) is 15.2. The summed E-state index contributed by atoms with van der Waals surface area (Å²) in [7, 11) is 0. The lowest BCUT2D eigenvalue weighted by Crippen LogP contribution is -2.16. The van der Waals surface area contributed by atoms with Crippen LogP contribution in [-0.2, 0) is 4.79 Å². The monoisotopic (exact) mass is 429 g/mol. The Kier molecular flexibility index (Phi) is 5.13. The maximum atomic E-state index is 12.5. The summed E-state index contributed by atoms with van der Waals surface area (Å²) in [4.78, 5) is 21.1. The Morgan fingerprint density at radius 3 is 2.61 bits per heavy atom. The number of carbonyl (C=O) groups excluding carboxylic acids is 1. The zero-order valence-electron chi connectivity index (χ0n) is 16.7. The number of fused-ring (bicyclic) bond motifs is 1. The molecule has 0 unspecified atom stereocenters. The number of anilines is 1. The molecule has 0 bridgehead atoms. The molecule has 2 aromatic heterocycles. The Morgan fingerprint density at radius 2 is 1.81 bits per heavy atom. The molecule has 8 heteroatoms. The molecule has 1 amide bonds. The van der Waals surface area contributed by atoms with Crippen molar-refractivity contribution in [2.24, 2.45) is 0 Å². The molecule has 0 spiro atoms. The summed E-state index contributed by atoms with van der Waals surface area (Å²) in [5.41, 5.74) is 2.80. The summed E-state index contributed by atoms with van der Waals surface area (Å²) < 4.78 is 7.63. The molecule has 1 aliphatic heterocycles. The smallest absolute Gasteiger partial charge is 0.252 e. The maximum absolute atomic E-state index is 12.5. The van der Waals surface area contributed by atoms with Gasteiger partial charge in [-0.2, -0.15) is 9.78 Å². The predicted octanol–water partition coefficient (Wildman–Crippen LogP) is 4.54. The van der Waals surface area contributed by atoms with E-state index < -0.39 is 0 Å². The average molecular weight is 430 g/mol. The van der Waals surface area contributed by atoms with Gasteiger partial charge in [-0.3, -0.25) is 4.79 Å². The van der Waals surface area contributed by atoms with E-state index in [1.807, 2.05) is 61.5 Å². The number of hydrogen-bond donors (Lipinski definition) is 1. The van der Waals surface area contributed by atoms with E-state index in [1.54, 1.807) is 34.9 Å². The fourth-order valence-corrected chi connectivity index (χ4v) is 4.74. The Balaban J connectivity index is 1.57. The van der Waals surface area contributed by atoms with Gasteiger partial charge in [-0.25, -0.2) is 9.97 Å². The highest BCUT2D eigenvalue weighted by atomic mass is 32.2. The molecule has 1 aliphatic rings. The van der Waals surface area contributed by atoms with Crippen molar-refractivity contribution in [1.29, 1.82) is 0 Å². The van der Waals surface area contributed by atoms with Crippen LogP contribution in [0.2, 0.25) is 0 Å². The van der Waals surface area contributed by atoms with Crippen LogP contribution < -0.4 is 10.1 Å². The molecule has 0 saturated carbocycles. The molecule has 0 fully saturated rings. The summed E-state index contributed by atoms with van der Waals surface area (Å²) in [6, 6.07) is 19.4. The number of nitrogens with one attached hydrogen (secondary N) is 1. The van der Waals surface area contributed by atoms with Gasteiger partial charge in [0.2, 0.25) is 5.91 Å². The van der Waals surface area contributed by atoms with E-state index >= 15 is 0 Å². The van der Waals surface area contributed by atoms with Crippen molar-refractivity contribution in [1.82, 2.24) is 19.7 Å². The Labute approximate surface area is 183 Å². The topological polar surface area (TPSA) is 81.9 Å². The van der Waals surface area contributed by atoms with Crippen LogP contribution in [0.5, 0.6) is 11.5 Å². The van der Waals surface area contributed by atoms with Gasteiger partial charge in [-0.1, -0.05) is 30.3 Å². The number of para-hydroxylation sites is 1. The number of amides is 1. The number of nitrogens with zero attached hydrogens (tertiary/aromatic N) is 4. The number of hydrogen-bond acceptors (Lipinski definition) is 6. The van der Waals surface area contributed by atoms with E-state index in [1.165, 1.54) is 0 Å². The van der Waals surface area contributed by atoms with Crippen LogP contribution in [0.1, 0.15) is 22.1 Å². The first-order valence-corrected chi connectivity index (χ1v) is 10.8. The van der Waals surface area contributed by atoms with E-state index in [-0.39, 0.29) is 11.2 Å². The summed E-state index contributed by atoms with van der Waals surface area (Å²) in [5, 5.41) is 7.54. The quantitative estimate of drug-likeness (QED) is 0.513. The van der Waals surface area contributed by atoms with Crippen molar-refractivity contribution in [3.05, 3.63) is 89.9 Å². The zero-order chi connectivity index (χ0) is 21.2. The summed E-state index contributed by atoms with van der Waals surface area (Å²) >= 11 is 1.56. The number of aryl methyl sites for hydroxylation is 1. The Bertz CT molecular complexity index is 1230. The highest BCUT2D eigenvalue weighted by molar-refractivity contribution is 8.00. The number of thioether (sulfide) groups is 1. The fourth-order valence-electron chi connectivity index (χ4n) is 3.56. The second-order valence-electron chi connectivity index (χ2n) is 7.04. The van der Waals surface area contributed by atoms with Crippen molar-refractivity contribution in [3.63, 3.8) is 0 Å². The van der Waals surface area contributed by atoms with Crippen LogP contribution in [0, 0.1) is 6.92 Å². The summed E-state index contributed by atoms with van der Waals surface area (Å²) in [5.74, 6) is 2.79. The zero-order valence-corrected chi connectivity index (χ0v) is 17.5. The third kappa shape index (κ3) is 3.89. The third-order valence-corrected chi connectivity index (χ3v) is 6.16. The van der Waals surface area contributed by atoms with Gasteiger partial charge in [0, 0.05) is 18.0 Å². The average Bonchev–Trinajstić information content (AvgIpc) is 3.00. The number of rotatable bonds is 4. The third-order valence-electron chi connectivity index (χ3n) is 4.89. The second kappa shape index (κ2) is 8.23. The van der Waals surface area contributed by atoms with E-state index in [0.717, 1.165) is 28.3 Å². The number of carbonyl (C=O) groups is 1. The standard InChI is InChI=1S/C23H19N5O2S/c1-15-20-21(16-7-5-10-18(13-16)30-17-8-3-2-4-9-17)31-14-19(29)26-22(20)28(27-15)23-24-11-6-12-25-23/h2-13,21H,14H2,1H3,(H,26,29)/t21-/m0/s1. The highest BCUT2D eigenvalue weighted by Crippen LogP contribution is 2.44. The van der Waals surface area contributed by atoms with Crippen LogP contribution >= 0.6 is 11.8 Å². The molecule has 2 aromatic carbocycles. The fraction of sp³-hybridized carbons (Fsp3) is 0.130. The molecule has 31 heavy (non-hydrogen) atoms. The van der Waals surface area contributed by atoms with Gasteiger partial charge in [-0.15, -0.1) is 11.8 Å². The van der Waals surface area contributed by atoms with Gasteiger partial charge in [-0.05, 0) is 42.8 Å². The lowest BCUT2D eigenvalue weighted by atomic mass is 10.0. The molecule has 3 heterocycles. The minimum absolute atomic E-state index is 0.0810. The van der Waals surface area contributed by atoms with Crippen LogP contribution in [-0.4, -0.2) is 31.4 Å². The summed E-state index contributed by atoms with van der Waals surface area (Å²) in [6.45, 7) is 1.94. The molecule has 0 aliphatic carbocycles. The maximum Gasteiger partial charge on any atom is 0.252 e. The summed E-state index contributed by atoms with van der Waals surface area (Å²) in [6.07, 6.45) is 3.31. The van der Waals surface area contributed by atoms with Gasteiger partial charge in [0.05, 0.1) is 16.7 Å².